The van der Waals surface area contributed by atoms with E-state index in [0.717, 1.165) is 35.5 Å². The maximum Gasteiger partial charge on any atom is 0.277 e. The zero-order valence-corrected chi connectivity index (χ0v) is 17.9. The van der Waals surface area contributed by atoms with Crippen LogP contribution >= 0.6 is 11.8 Å². The van der Waals surface area contributed by atoms with Gasteiger partial charge < -0.3 is 14.5 Å². The molecular formula is C21H25N5O3S. The summed E-state index contributed by atoms with van der Waals surface area (Å²) in [5.74, 6) is 1.94. The largest absolute Gasteiger partial charge is 0.484 e. The van der Waals surface area contributed by atoms with Gasteiger partial charge in [0.1, 0.15) is 11.6 Å². The monoisotopic (exact) mass is 427 g/mol. The number of nitrogens with zero attached hydrogens (tertiary/aromatic N) is 4. The smallest absolute Gasteiger partial charge is 0.277 e. The predicted molar refractivity (Wildman–Crippen MR) is 114 cm³/mol. The highest BCUT2D eigenvalue weighted by molar-refractivity contribution is 7.99. The number of benzene rings is 1. The quantitative estimate of drug-likeness (QED) is 0.535. The number of nitrogens with one attached hydrogen (secondary N) is 1. The van der Waals surface area contributed by atoms with Gasteiger partial charge >= 0.3 is 0 Å². The fourth-order valence-corrected chi connectivity index (χ4v) is 4.10. The van der Waals surface area contributed by atoms with Crippen LogP contribution in [-0.2, 0) is 11.4 Å². The molecule has 1 saturated carbocycles. The third-order valence-corrected chi connectivity index (χ3v) is 5.90. The lowest BCUT2D eigenvalue weighted by Crippen LogP contribution is -2.19. The summed E-state index contributed by atoms with van der Waals surface area (Å²) in [6.07, 6.45) is 6.35. The van der Waals surface area contributed by atoms with Crippen molar-refractivity contribution in [3.8, 4) is 5.75 Å². The van der Waals surface area contributed by atoms with E-state index >= 15 is 0 Å². The highest BCUT2D eigenvalue weighted by Crippen LogP contribution is 2.31. The van der Waals surface area contributed by atoms with Crippen LogP contribution in [0.1, 0.15) is 48.7 Å². The number of aromatic nitrogens is 4. The maximum atomic E-state index is 12.4. The number of thioether (sulfide) groups is 1. The molecule has 0 saturated heterocycles. The van der Waals surface area contributed by atoms with E-state index in [1.165, 1.54) is 24.6 Å². The molecule has 9 heteroatoms. The van der Waals surface area contributed by atoms with Gasteiger partial charge in [-0.25, -0.2) is 4.68 Å². The third-order valence-electron chi connectivity index (χ3n) is 5.08. The van der Waals surface area contributed by atoms with Crippen molar-refractivity contribution in [3.63, 3.8) is 0 Å². The number of amides is 1. The Morgan fingerprint density at radius 3 is 2.93 bits per heavy atom. The Kier molecular flexibility index (Phi) is 6.37. The average Bonchev–Trinajstić information content (AvgIpc) is 3.48. The summed E-state index contributed by atoms with van der Waals surface area (Å²) >= 11 is 1.20. The molecule has 0 bridgehead atoms. The number of carbonyl (C=O) groups excluding carboxylic acids is 1. The van der Waals surface area contributed by atoms with Gasteiger partial charge in [-0.3, -0.25) is 4.79 Å². The van der Waals surface area contributed by atoms with E-state index in [-0.39, 0.29) is 18.3 Å². The summed E-state index contributed by atoms with van der Waals surface area (Å²) in [7, 11) is 0. The molecule has 8 nitrogen and oxygen atoms in total. The molecule has 4 rings (SSSR count). The highest BCUT2D eigenvalue weighted by atomic mass is 32.2. The van der Waals surface area contributed by atoms with Crippen LogP contribution < -0.4 is 10.1 Å². The molecule has 1 fully saturated rings. The Bertz CT molecular complexity index is 1010. The van der Waals surface area contributed by atoms with Crippen molar-refractivity contribution < 1.29 is 13.9 Å². The molecule has 3 aromatic rings. The Hall–Kier alpha value is -2.81. The van der Waals surface area contributed by atoms with Gasteiger partial charge in [-0.1, -0.05) is 36.7 Å². The van der Waals surface area contributed by atoms with Gasteiger partial charge in [-0.2, -0.15) is 5.10 Å². The molecule has 1 aliphatic carbocycles. The third kappa shape index (κ3) is 5.02. The Balaban J connectivity index is 1.27. The van der Waals surface area contributed by atoms with Gasteiger partial charge in [0.2, 0.25) is 5.91 Å². The van der Waals surface area contributed by atoms with Crippen LogP contribution in [0.15, 0.2) is 40.1 Å². The van der Waals surface area contributed by atoms with Gasteiger partial charge in [0.15, 0.2) is 6.61 Å². The summed E-state index contributed by atoms with van der Waals surface area (Å²) in [5.41, 5.74) is 2.17. The number of anilines is 1. The molecule has 0 spiro atoms. The van der Waals surface area contributed by atoms with Crippen LogP contribution in [-0.4, -0.2) is 31.6 Å². The topological polar surface area (TPSA) is 95.1 Å². The number of rotatable bonds is 8. The van der Waals surface area contributed by atoms with Gasteiger partial charge in [0.25, 0.3) is 11.1 Å². The fourth-order valence-electron chi connectivity index (χ4n) is 3.52. The Morgan fingerprint density at radius 2 is 2.10 bits per heavy atom. The molecule has 2 aromatic heterocycles. The molecule has 30 heavy (non-hydrogen) atoms. The lowest BCUT2D eigenvalue weighted by molar-refractivity contribution is -0.113. The van der Waals surface area contributed by atoms with Crippen molar-refractivity contribution in [2.75, 3.05) is 11.1 Å². The number of hydrogen-bond acceptors (Lipinski definition) is 7. The summed E-state index contributed by atoms with van der Waals surface area (Å²) in [4.78, 5) is 12.4. The van der Waals surface area contributed by atoms with Gasteiger partial charge in [0, 0.05) is 6.07 Å². The van der Waals surface area contributed by atoms with Gasteiger partial charge in [0.05, 0.1) is 18.0 Å². The first kappa shape index (κ1) is 20.5. The molecule has 158 valence electrons. The highest BCUT2D eigenvalue weighted by Gasteiger charge is 2.20. The second-order valence-corrected chi connectivity index (χ2v) is 8.38. The van der Waals surface area contributed by atoms with Crippen LogP contribution in [0.2, 0.25) is 0 Å². The second-order valence-electron chi connectivity index (χ2n) is 7.46. The SMILES string of the molecule is Cc1ccc(C)c(OCc2nnc(SCC(=O)Nc3ccnn3C3CCCC3)o2)c1. The Labute approximate surface area is 179 Å². The average molecular weight is 428 g/mol. The van der Waals surface area contributed by atoms with Crippen LogP contribution in [0.5, 0.6) is 5.75 Å². The minimum atomic E-state index is -0.133. The lowest BCUT2D eigenvalue weighted by atomic mass is 10.1. The van der Waals surface area contributed by atoms with Crippen LogP contribution in [0.4, 0.5) is 5.82 Å². The van der Waals surface area contributed by atoms with Crippen molar-refractivity contribution in [1.82, 2.24) is 20.0 Å². The number of carbonyl (C=O) groups is 1. The number of aryl methyl sites for hydroxylation is 2. The van der Waals surface area contributed by atoms with Crippen molar-refractivity contribution in [3.05, 3.63) is 47.5 Å². The summed E-state index contributed by atoms with van der Waals surface area (Å²) < 4.78 is 13.3. The maximum absolute atomic E-state index is 12.4. The summed E-state index contributed by atoms with van der Waals surface area (Å²) in [6, 6.07) is 8.23. The van der Waals surface area contributed by atoms with E-state index in [9.17, 15) is 4.79 Å². The zero-order chi connectivity index (χ0) is 20.9. The predicted octanol–water partition coefficient (Wildman–Crippen LogP) is 4.31. The molecule has 1 N–H and O–H groups in total. The van der Waals surface area contributed by atoms with E-state index in [1.807, 2.05) is 42.8 Å². The van der Waals surface area contributed by atoms with Crippen LogP contribution in [0.3, 0.4) is 0 Å². The van der Waals surface area contributed by atoms with Crippen LogP contribution in [0.25, 0.3) is 0 Å². The van der Waals surface area contributed by atoms with Gasteiger partial charge in [-0.05, 0) is 43.9 Å². The summed E-state index contributed by atoms with van der Waals surface area (Å²) in [5, 5.41) is 15.6. The molecule has 0 atom stereocenters. The Morgan fingerprint density at radius 1 is 1.27 bits per heavy atom. The first-order chi connectivity index (χ1) is 14.6. The standard InChI is InChI=1S/C21H25N5O3S/c1-14-7-8-15(2)17(11-14)28-12-20-24-25-21(29-20)30-13-19(27)23-18-9-10-22-26(18)16-5-3-4-6-16/h7-11,16H,3-6,12-13H2,1-2H3,(H,23,27). The molecule has 0 radical (unpaired) electrons. The van der Waals surface area contributed by atoms with Gasteiger partial charge in [-0.15, -0.1) is 10.2 Å². The first-order valence-corrected chi connectivity index (χ1v) is 11.1. The minimum Gasteiger partial charge on any atom is -0.484 e. The fraction of sp³-hybridized carbons (Fsp3) is 0.429. The van der Waals surface area contributed by atoms with E-state index in [0.29, 0.717) is 17.2 Å². The van der Waals surface area contributed by atoms with E-state index in [1.54, 1.807) is 6.20 Å². The van der Waals surface area contributed by atoms with E-state index in [4.69, 9.17) is 9.15 Å². The van der Waals surface area contributed by atoms with Crippen molar-refractivity contribution in [1.29, 1.82) is 0 Å². The molecule has 0 unspecified atom stereocenters. The summed E-state index contributed by atoms with van der Waals surface area (Å²) in [6.45, 7) is 4.19. The zero-order valence-electron chi connectivity index (χ0n) is 17.1. The normalized spacial score (nSPS) is 14.2. The first-order valence-electron chi connectivity index (χ1n) is 10.1. The molecule has 2 heterocycles. The molecule has 1 aromatic carbocycles. The van der Waals surface area contributed by atoms with E-state index in [2.05, 4.69) is 20.6 Å². The van der Waals surface area contributed by atoms with E-state index < -0.39 is 0 Å². The molecule has 1 aliphatic rings. The van der Waals surface area contributed by atoms with Crippen LogP contribution in [0, 0.1) is 13.8 Å². The molecule has 1 amide bonds. The molecule has 0 aliphatic heterocycles. The van der Waals surface area contributed by atoms with Crippen molar-refractivity contribution in [2.24, 2.45) is 0 Å². The molecular weight excluding hydrogens is 402 g/mol. The lowest BCUT2D eigenvalue weighted by Gasteiger charge is -2.14. The second kappa shape index (κ2) is 9.34. The van der Waals surface area contributed by atoms with Crippen molar-refractivity contribution in [2.45, 2.75) is 57.4 Å². The number of ether oxygens (including phenoxy) is 1. The van der Waals surface area contributed by atoms with Crippen molar-refractivity contribution >= 4 is 23.5 Å². The number of hydrogen-bond donors (Lipinski definition) is 1. The minimum absolute atomic E-state index is 0.133.